The van der Waals surface area contributed by atoms with Crippen LogP contribution < -0.4 is 5.73 Å². The van der Waals surface area contributed by atoms with E-state index in [1.807, 2.05) is 0 Å². The van der Waals surface area contributed by atoms with Gasteiger partial charge in [-0.2, -0.15) is 11.8 Å². The second kappa shape index (κ2) is 5.07. The number of thioether (sulfide) groups is 1. The SMILES string of the molecule is CSC1(CN2CCC(CN)C2)CCCC1. The molecule has 2 rings (SSSR count). The third-order valence-corrected chi connectivity index (χ3v) is 5.57. The summed E-state index contributed by atoms with van der Waals surface area (Å²) in [6.45, 7) is 4.72. The summed E-state index contributed by atoms with van der Waals surface area (Å²) >= 11 is 2.10. The van der Waals surface area contributed by atoms with Crippen molar-refractivity contribution in [1.82, 2.24) is 4.90 Å². The van der Waals surface area contributed by atoms with Gasteiger partial charge in [0.05, 0.1) is 0 Å². The predicted octanol–water partition coefficient (Wildman–Crippen LogP) is 1.94. The lowest BCUT2D eigenvalue weighted by Crippen LogP contribution is -2.37. The molecule has 1 heterocycles. The van der Waals surface area contributed by atoms with E-state index in [0.29, 0.717) is 4.75 Å². The minimum absolute atomic E-state index is 0.587. The van der Waals surface area contributed by atoms with Gasteiger partial charge >= 0.3 is 0 Å². The molecular weight excluding hydrogens is 204 g/mol. The molecule has 0 aromatic carbocycles. The quantitative estimate of drug-likeness (QED) is 0.797. The maximum Gasteiger partial charge on any atom is 0.0284 e. The summed E-state index contributed by atoms with van der Waals surface area (Å²) < 4.78 is 0.587. The van der Waals surface area contributed by atoms with Crippen molar-refractivity contribution in [2.75, 3.05) is 32.4 Å². The van der Waals surface area contributed by atoms with Crippen molar-refractivity contribution in [3.8, 4) is 0 Å². The smallest absolute Gasteiger partial charge is 0.0284 e. The molecule has 15 heavy (non-hydrogen) atoms. The van der Waals surface area contributed by atoms with Crippen molar-refractivity contribution in [3.05, 3.63) is 0 Å². The van der Waals surface area contributed by atoms with Crippen LogP contribution in [-0.2, 0) is 0 Å². The Kier molecular flexibility index (Phi) is 3.97. The Morgan fingerprint density at radius 2 is 2.13 bits per heavy atom. The van der Waals surface area contributed by atoms with E-state index < -0.39 is 0 Å². The molecular formula is C12H24N2S. The largest absolute Gasteiger partial charge is 0.330 e. The van der Waals surface area contributed by atoms with Gasteiger partial charge in [0.25, 0.3) is 0 Å². The van der Waals surface area contributed by atoms with Crippen LogP contribution in [0.3, 0.4) is 0 Å². The molecule has 2 aliphatic rings. The second-order valence-electron chi connectivity index (χ2n) is 5.22. The van der Waals surface area contributed by atoms with Gasteiger partial charge in [-0.05, 0) is 44.5 Å². The standard InChI is InChI=1S/C12H24N2S/c1-15-12(5-2-3-6-12)10-14-7-4-11(8-13)9-14/h11H,2-10,13H2,1H3. The maximum absolute atomic E-state index is 5.74. The summed E-state index contributed by atoms with van der Waals surface area (Å²) in [6.07, 6.45) is 9.35. The van der Waals surface area contributed by atoms with Crippen molar-refractivity contribution < 1.29 is 0 Å². The zero-order valence-corrected chi connectivity index (χ0v) is 10.7. The van der Waals surface area contributed by atoms with E-state index in [4.69, 9.17) is 5.73 Å². The second-order valence-corrected chi connectivity index (χ2v) is 6.49. The molecule has 2 fully saturated rings. The summed E-state index contributed by atoms with van der Waals surface area (Å²) in [4.78, 5) is 2.65. The van der Waals surface area contributed by atoms with E-state index >= 15 is 0 Å². The fourth-order valence-electron chi connectivity index (χ4n) is 3.10. The number of rotatable bonds is 4. The van der Waals surface area contributed by atoms with E-state index in [1.54, 1.807) is 0 Å². The highest BCUT2D eigenvalue weighted by Crippen LogP contribution is 2.41. The molecule has 0 bridgehead atoms. The number of nitrogens with two attached hydrogens (primary N) is 1. The molecule has 1 aliphatic carbocycles. The van der Waals surface area contributed by atoms with Crippen molar-refractivity contribution >= 4 is 11.8 Å². The van der Waals surface area contributed by atoms with Crippen molar-refractivity contribution in [3.63, 3.8) is 0 Å². The van der Waals surface area contributed by atoms with Crippen molar-refractivity contribution in [1.29, 1.82) is 0 Å². The van der Waals surface area contributed by atoms with Gasteiger partial charge < -0.3 is 10.6 Å². The number of nitrogens with zero attached hydrogens (tertiary/aromatic N) is 1. The van der Waals surface area contributed by atoms with E-state index in [1.165, 1.54) is 51.7 Å². The first-order chi connectivity index (χ1) is 7.28. The minimum atomic E-state index is 0.587. The Balaban J connectivity index is 1.85. The Hall–Kier alpha value is 0.270. The van der Waals surface area contributed by atoms with Crippen LogP contribution in [0.4, 0.5) is 0 Å². The Morgan fingerprint density at radius 1 is 1.40 bits per heavy atom. The first-order valence-electron chi connectivity index (χ1n) is 6.25. The van der Waals surface area contributed by atoms with Crippen LogP contribution in [0.2, 0.25) is 0 Å². The Morgan fingerprint density at radius 3 is 2.67 bits per heavy atom. The molecule has 3 heteroatoms. The van der Waals surface area contributed by atoms with Crippen LogP contribution in [-0.4, -0.2) is 42.1 Å². The van der Waals surface area contributed by atoms with E-state index in [0.717, 1.165) is 12.5 Å². The molecule has 0 spiro atoms. The summed E-state index contributed by atoms with van der Waals surface area (Å²) in [5.74, 6) is 0.769. The van der Waals surface area contributed by atoms with Crippen LogP contribution in [0, 0.1) is 5.92 Å². The van der Waals surface area contributed by atoms with Crippen LogP contribution in [0.1, 0.15) is 32.1 Å². The minimum Gasteiger partial charge on any atom is -0.330 e. The third-order valence-electron chi connectivity index (χ3n) is 4.16. The lowest BCUT2D eigenvalue weighted by Gasteiger charge is -2.32. The third kappa shape index (κ3) is 2.69. The molecule has 2 N–H and O–H groups in total. The topological polar surface area (TPSA) is 29.3 Å². The number of likely N-dealkylation sites (tertiary alicyclic amines) is 1. The van der Waals surface area contributed by atoms with Crippen LogP contribution >= 0.6 is 11.8 Å². The Bertz CT molecular complexity index is 202. The zero-order chi connectivity index (χ0) is 10.7. The van der Waals surface area contributed by atoms with Gasteiger partial charge in [-0.3, -0.25) is 0 Å². The van der Waals surface area contributed by atoms with Crippen LogP contribution in [0.25, 0.3) is 0 Å². The lowest BCUT2D eigenvalue weighted by atomic mass is 10.1. The van der Waals surface area contributed by atoms with Gasteiger partial charge in [0, 0.05) is 17.8 Å². The van der Waals surface area contributed by atoms with Crippen molar-refractivity contribution in [2.24, 2.45) is 11.7 Å². The van der Waals surface area contributed by atoms with E-state index in [-0.39, 0.29) is 0 Å². The average Bonchev–Trinajstić information content (AvgIpc) is 2.88. The monoisotopic (exact) mass is 228 g/mol. The maximum atomic E-state index is 5.74. The zero-order valence-electron chi connectivity index (χ0n) is 9.87. The molecule has 2 nitrogen and oxygen atoms in total. The van der Waals surface area contributed by atoms with Crippen LogP contribution in [0.5, 0.6) is 0 Å². The molecule has 88 valence electrons. The van der Waals surface area contributed by atoms with Crippen molar-refractivity contribution in [2.45, 2.75) is 36.9 Å². The highest BCUT2D eigenvalue weighted by molar-refractivity contribution is 8.00. The van der Waals surface area contributed by atoms with Gasteiger partial charge in [0.2, 0.25) is 0 Å². The fourth-order valence-corrected chi connectivity index (χ4v) is 4.11. The first-order valence-corrected chi connectivity index (χ1v) is 7.48. The van der Waals surface area contributed by atoms with E-state index in [2.05, 4.69) is 22.9 Å². The highest BCUT2D eigenvalue weighted by Gasteiger charge is 2.36. The van der Waals surface area contributed by atoms with E-state index in [9.17, 15) is 0 Å². The molecule has 0 amide bonds. The average molecular weight is 228 g/mol. The van der Waals surface area contributed by atoms with Gasteiger partial charge in [-0.1, -0.05) is 12.8 Å². The van der Waals surface area contributed by atoms with Gasteiger partial charge in [-0.15, -0.1) is 0 Å². The Labute approximate surface area is 98.0 Å². The number of hydrogen-bond acceptors (Lipinski definition) is 3. The molecule has 1 saturated carbocycles. The summed E-state index contributed by atoms with van der Waals surface area (Å²) in [7, 11) is 0. The lowest BCUT2D eigenvalue weighted by molar-refractivity contribution is 0.289. The highest BCUT2D eigenvalue weighted by atomic mass is 32.2. The summed E-state index contributed by atoms with van der Waals surface area (Å²) in [5.41, 5.74) is 5.74. The first kappa shape index (κ1) is 11.7. The summed E-state index contributed by atoms with van der Waals surface area (Å²) in [6, 6.07) is 0. The molecule has 0 aromatic rings. The van der Waals surface area contributed by atoms with Gasteiger partial charge in [0.1, 0.15) is 0 Å². The molecule has 1 aliphatic heterocycles. The van der Waals surface area contributed by atoms with Gasteiger partial charge in [0.15, 0.2) is 0 Å². The molecule has 1 unspecified atom stereocenters. The molecule has 1 atom stereocenters. The fraction of sp³-hybridized carbons (Fsp3) is 1.00. The van der Waals surface area contributed by atoms with Gasteiger partial charge in [-0.25, -0.2) is 0 Å². The summed E-state index contributed by atoms with van der Waals surface area (Å²) in [5, 5.41) is 0. The normalized spacial score (nSPS) is 31.2. The predicted molar refractivity (Wildman–Crippen MR) is 68.3 cm³/mol. The number of hydrogen-bond donors (Lipinski definition) is 1. The van der Waals surface area contributed by atoms with Crippen LogP contribution in [0.15, 0.2) is 0 Å². The molecule has 0 radical (unpaired) electrons. The molecule has 1 saturated heterocycles. The molecule has 0 aromatic heterocycles.